The quantitative estimate of drug-likeness (QED) is 0.133. The summed E-state index contributed by atoms with van der Waals surface area (Å²) in [6.07, 6.45) is 20.9. The average molecular weight is 456 g/mol. The summed E-state index contributed by atoms with van der Waals surface area (Å²) >= 11 is 0. The zero-order chi connectivity index (χ0) is 23.9. The zero-order valence-electron chi connectivity index (χ0n) is 21.7. The highest BCUT2D eigenvalue weighted by Crippen LogP contribution is 2.13. The second-order valence-electron chi connectivity index (χ2n) is 9.47. The minimum Gasteiger partial charge on any atom is -0.464 e. The van der Waals surface area contributed by atoms with Crippen LogP contribution in [0.5, 0.6) is 0 Å². The Hall–Kier alpha value is -1.26. The maximum absolute atomic E-state index is 12.3. The summed E-state index contributed by atoms with van der Waals surface area (Å²) < 4.78 is 10.5. The van der Waals surface area contributed by atoms with Gasteiger partial charge in [0.25, 0.3) is 0 Å². The molecule has 0 unspecified atom stereocenters. The van der Waals surface area contributed by atoms with Crippen molar-refractivity contribution in [1.29, 1.82) is 0 Å². The van der Waals surface area contributed by atoms with Gasteiger partial charge in [-0.3, -0.25) is 0 Å². The molecule has 1 amide bonds. The van der Waals surface area contributed by atoms with Crippen molar-refractivity contribution in [3.63, 3.8) is 0 Å². The lowest BCUT2D eigenvalue weighted by atomic mass is 10.0. The lowest BCUT2D eigenvalue weighted by Gasteiger charge is -2.20. The number of esters is 1. The molecule has 0 saturated heterocycles. The first-order valence-corrected chi connectivity index (χ1v) is 13.6. The van der Waals surface area contributed by atoms with Crippen LogP contribution in [0.3, 0.4) is 0 Å². The van der Waals surface area contributed by atoms with Gasteiger partial charge in [-0.25, -0.2) is 9.59 Å². The lowest BCUT2D eigenvalue weighted by Crippen LogP contribution is -2.45. The molecule has 0 fully saturated rings. The van der Waals surface area contributed by atoms with Crippen LogP contribution >= 0.6 is 0 Å². The molecule has 0 aromatic carbocycles. The highest BCUT2D eigenvalue weighted by molar-refractivity contribution is 5.81. The summed E-state index contributed by atoms with van der Waals surface area (Å²) in [5.41, 5.74) is 0. The van der Waals surface area contributed by atoms with E-state index in [0.717, 1.165) is 25.7 Å². The Morgan fingerprint density at radius 1 is 0.594 bits per heavy atom. The van der Waals surface area contributed by atoms with Gasteiger partial charge in [0.15, 0.2) is 0 Å². The summed E-state index contributed by atoms with van der Waals surface area (Å²) in [5.74, 6) is -0.403. The van der Waals surface area contributed by atoms with E-state index in [1.807, 2.05) is 20.8 Å². The van der Waals surface area contributed by atoms with Crippen LogP contribution in [0, 0.1) is 5.92 Å². The summed E-state index contributed by atoms with van der Waals surface area (Å²) in [4.78, 5) is 24.1. The molecule has 0 spiro atoms. The molecule has 0 radical (unpaired) electrons. The molecule has 0 aromatic rings. The third-order valence-electron chi connectivity index (χ3n) is 5.92. The Kier molecular flexibility index (Phi) is 22.0. The summed E-state index contributed by atoms with van der Waals surface area (Å²) in [6.45, 7) is 8.90. The van der Waals surface area contributed by atoms with E-state index >= 15 is 0 Å². The molecule has 5 nitrogen and oxygen atoms in total. The van der Waals surface area contributed by atoms with Crippen LogP contribution < -0.4 is 5.32 Å². The monoisotopic (exact) mass is 455 g/mol. The van der Waals surface area contributed by atoms with Crippen molar-refractivity contribution < 1.29 is 19.1 Å². The molecule has 190 valence electrons. The fourth-order valence-corrected chi connectivity index (χ4v) is 3.71. The van der Waals surface area contributed by atoms with E-state index in [1.165, 1.54) is 83.5 Å². The van der Waals surface area contributed by atoms with E-state index in [4.69, 9.17) is 9.47 Å². The van der Waals surface area contributed by atoms with Crippen LogP contribution in [0.1, 0.15) is 137 Å². The van der Waals surface area contributed by atoms with E-state index in [1.54, 1.807) is 0 Å². The average Bonchev–Trinajstić information content (AvgIpc) is 2.77. The van der Waals surface area contributed by atoms with Crippen LogP contribution in [0.15, 0.2) is 0 Å². The van der Waals surface area contributed by atoms with Crippen LogP contribution in [0.2, 0.25) is 0 Å². The van der Waals surface area contributed by atoms with Crippen molar-refractivity contribution in [3.05, 3.63) is 0 Å². The normalized spacial score (nSPS) is 12.0. The van der Waals surface area contributed by atoms with Crippen LogP contribution in [0.25, 0.3) is 0 Å². The fraction of sp³-hybridized carbons (Fsp3) is 0.926. The van der Waals surface area contributed by atoms with Crippen molar-refractivity contribution in [2.45, 2.75) is 143 Å². The summed E-state index contributed by atoms with van der Waals surface area (Å²) in [5, 5.41) is 2.64. The number of carbonyl (C=O) groups excluding carboxylic acids is 2. The summed E-state index contributed by atoms with van der Waals surface area (Å²) in [7, 11) is 0. The SMILES string of the molecule is CCCCCCCCCCCCCCCCCOC(=O)[C@@H](NC(=O)OCCCC)C(C)C. The van der Waals surface area contributed by atoms with Gasteiger partial charge in [0, 0.05) is 0 Å². The molecule has 1 atom stereocenters. The second-order valence-corrected chi connectivity index (χ2v) is 9.47. The Morgan fingerprint density at radius 3 is 1.44 bits per heavy atom. The van der Waals surface area contributed by atoms with Crippen molar-refractivity contribution in [2.24, 2.45) is 5.92 Å². The first kappa shape index (κ1) is 30.7. The van der Waals surface area contributed by atoms with Crippen molar-refractivity contribution >= 4 is 12.1 Å². The van der Waals surface area contributed by atoms with Gasteiger partial charge in [-0.15, -0.1) is 0 Å². The van der Waals surface area contributed by atoms with Crippen LogP contribution in [-0.2, 0) is 14.3 Å². The Labute approximate surface area is 198 Å². The predicted octanol–water partition coefficient (Wildman–Crippen LogP) is 7.95. The maximum Gasteiger partial charge on any atom is 0.407 e. The number of hydrogen-bond acceptors (Lipinski definition) is 4. The number of nitrogens with one attached hydrogen (secondary N) is 1. The number of unbranched alkanes of at least 4 members (excludes halogenated alkanes) is 15. The minimum absolute atomic E-state index is 0.0396. The van der Waals surface area contributed by atoms with Gasteiger partial charge in [-0.2, -0.15) is 0 Å². The molecule has 0 saturated carbocycles. The number of alkyl carbamates (subject to hydrolysis) is 1. The van der Waals surface area contributed by atoms with Crippen molar-refractivity contribution in [1.82, 2.24) is 5.32 Å². The maximum atomic E-state index is 12.3. The molecule has 0 aliphatic heterocycles. The second kappa shape index (κ2) is 22.9. The van der Waals surface area contributed by atoms with E-state index in [9.17, 15) is 9.59 Å². The highest BCUT2D eigenvalue weighted by Gasteiger charge is 2.26. The molecule has 32 heavy (non-hydrogen) atoms. The van der Waals surface area contributed by atoms with Crippen molar-refractivity contribution in [2.75, 3.05) is 13.2 Å². The smallest absolute Gasteiger partial charge is 0.407 e. The molecule has 1 N–H and O–H groups in total. The largest absolute Gasteiger partial charge is 0.464 e. The molecule has 5 heteroatoms. The Morgan fingerprint density at radius 2 is 1.00 bits per heavy atom. The Bertz CT molecular complexity index is 439. The van der Waals surface area contributed by atoms with E-state index in [-0.39, 0.29) is 11.9 Å². The minimum atomic E-state index is -0.652. The number of hydrogen-bond donors (Lipinski definition) is 1. The van der Waals surface area contributed by atoms with Gasteiger partial charge in [-0.1, -0.05) is 124 Å². The van der Waals surface area contributed by atoms with E-state index < -0.39 is 12.1 Å². The number of amides is 1. The van der Waals surface area contributed by atoms with Crippen LogP contribution in [-0.4, -0.2) is 31.3 Å². The van der Waals surface area contributed by atoms with E-state index in [0.29, 0.717) is 13.2 Å². The lowest BCUT2D eigenvalue weighted by molar-refractivity contribution is -0.147. The first-order chi connectivity index (χ1) is 15.5. The standard InChI is InChI=1S/C27H53NO4/c1-5-7-9-10-11-12-13-14-15-16-17-18-19-20-21-23-31-26(29)25(24(3)4)28-27(30)32-22-8-6-2/h24-25H,5-23H2,1-4H3,(H,28,30)/t25-/m0/s1. The van der Waals surface area contributed by atoms with Gasteiger partial charge < -0.3 is 14.8 Å². The third-order valence-corrected chi connectivity index (χ3v) is 5.92. The van der Waals surface area contributed by atoms with E-state index in [2.05, 4.69) is 12.2 Å². The number of rotatable bonds is 22. The highest BCUT2D eigenvalue weighted by atomic mass is 16.6. The molecule has 0 rings (SSSR count). The number of carbonyl (C=O) groups is 2. The molecule has 0 bridgehead atoms. The zero-order valence-corrected chi connectivity index (χ0v) is 21.7. The Balaban J connectivity index is 3.59. The van der Waals surface area contributed by atoms with Crippen molar-refractivity contribution in [3.8, 4) is 0 Å². The molecule has 0 aromatic heterocycles. The number of ether oxygens (including phenoxy) is 2. The van der Waals surface area contributed by atoms with Gasteiger partial charge in [-0.05, 0) is 18.8 Å². The third kappa shape index (κ3) is 19.4. The topological polar surface area (TPSA) is 64.6 Å². The predicted molar refractivity (Wildman–Crippen MR) is 134 cm³/mol. The van der Waals surface area contributed by atoms with Gasteiger partial charge in [0.1, 0.15) is 6.04 Å². The first-order valence-electron chi connectivity index (χ1n) is 13.6. The van der Waals surface area contributed by atoms with Crippen LogP contribution in [0.4, 0.5) is 4.79 Å². The molecule has 0 heterocycles. The molecule has 0 aliphatic rings. The fourth-order valence-electron chi connectivity index (χ4n) is 3.71. The molecule has 0 aliphatic carbocycles. The van der Waals surface area contributed by atoms with Gasteiger partial charge in [0.05, 0.1) is 13.2 Å². The van der Waals surface area contributed by atoms with Gasteiger partial charge in [0.2, 0.25) is 0 Å². The van der Waals surface area contributed by atoms with Gasteiger partial charge >= 0.3 is 12.1 Å². The molecular formula is C27H53NO4. The molecular weight excluding hydrogens is 402 g/mol. The summed E-state index contributed by atoms with van der Waals surface area (Å²) in [6, 6.07) is -0.652.